The van der Waals surface area contributed by atoms with Crippen molar-refractivity contribution in [3.63, 3.8) is 0 Å². The van der Waals surface area contributed by atoms with Crippen LogP contribution in [0.25, 0.3) is 0 Å². The van der Waals surface area contributed by atoms with Crippen LogP contribution in [-0.2, 0) is 4.74 Å². The Morgan fingerprint density at radius 3 is 2.72 bits per heavy atom. The lowest BCUT2D eigenvalue weighted by Crippen LogP contribution is -2.07. The van der Waals surface area contributed by atoms with Gasteiger partial charge in [0.05, 0.1) is 12.2 Å². The predicted octanol–water partition coefficient (Wildman–Crippen LogP) is 2.41. The van der Waals surface area contributed by atoms with Gasteiger partial charge in [0.1, 0.15) is 0 Å². The van der Waals surface area contributed by atoms with Gasteiger partial charge in [-0.05, 0) is 18.6 Å². The minimum atomic E-state index is -1.57. The van der Waals surface area contributed by atoms with E-state index >= 15 is 0 Å². The van der Waals surface area contributed by atoms with Gasteiger partial charge in [0, 0.05) is 5.56 Å². The first-order chi connectivity index (χ1) is 8.65. The number of benzene rings is 1. The second kappa shape index (κ2) is 7.84. The van der Waals surface area contributed by atoms with Gasteiger partial charge >= 0.3 is 5.97 Å². The third kappa shape index (κ3) is 4.85. The highest BCUT2D eigenvalue weighted by atomic mass is 16.5. The van der Waals surface area contributed by atoms with E-state index in [0.29, 0.717) is 12.2 Å². The molecule has 18 heavy (non-hydrogen) atoms. The summed E-state index contributed by atoms with van der Waals surface area (Å²) in [6.07, 6.45) is 2.64. The van der Waals surface area contributed by atoms with E-state index in [1.54, 1.807) is 18.2 Å². The number of aliphatic hydroxyl groups excluding tert-OH is 1. The lowest BCUT2D eigenvalue weighted by Gasteiger charge is -2.07. The van der Waals surface area contributed by atoms with Gasteiger partial charge < -0.3 is 14.9 Å². The maximum absolute atomic E-state index is 11.7. The molecule has 0 atom stereocenters. The molecule has 0 heterocycles. The highest BCUT2D eigenvalue weighted by molar-refractivity contribution is 5.89. The van der Waals surface area contributed by atoms with Crippen LogP contribution in [0.4, 0.5) is 0 Å². The third-order valence-corrected chi connectivity index (χ3v) is 2.65. The summed E-state index contributed by atoms with van der Waals surface area (Å²) >= 11 is 0. The van der Waals surface area contributed by atoms with Crippen LogP contribution in [0, 0.1) is 0 Å². The van der Waals surface area contributed by atoms with Gasteiger partial charge in [-0.15, -0.1) is 0 Å². The molecule has 2 N–H and O–H groups in total. The molecule has 0 saturated heterocycles. The SMILES string of the molecule is CCCCCCOC(=O)c1cccc(C(O)O)c1. The Balaban J connectivity index is 2.44. The summed E-state index contributed by atoms with van der Waals surface area (Å²) < 4.78 is 5.11. The van der Waals surface area contributed by atoms with E-state index in [9.17, 15) is 4.79 Å². The van der Waals surface area contributed by atoms with E-state index < -0.39 is 12.3 Å². The Kier molecular flexibility index (Phi) is 6.39. The van der Waals surface area contributed by atoms with Crippen LogP contribution >= 0.6 is 0 Å². The number of aliphatic hydroxyl groups is 2. The number of unbranched alkanes of at least 4 members (excludes halogenated alkanes) is 3. The average molecular weight is 252 g/mol. The Bertz CT molecular complexity index is 374. The average Bonchev–Trinajstić information content (AvgIpc) is 2.38. The van der Waals surface area contributed by atoms with Gasteiger partial charge in [-0.3, -0.25) is 0 Å². The Morgan fingerprint density at radius 2 is 2.06 bits per heavy atom. The van der Waals surface area contributed by atoms with E-state index in [2.05, 4.69) is 6.92 Å². The normalized spacial score (nSPS) is 10.7. The van der Waals surface area contributed by atoms with Crippen molar-refractivity contribution in [2.75, 3.05) is 6.61 Å². The first kappa shape index (κ1) is 14.7. The summed E-state index contributed by atoms with van der Waals surface area (Å²) in [6.45, 7) is 2.53. The molecule has 4 heteroatoms. The predicted molar refractivity (Wildman–Crippen MR) is 68.0 cm³/mol. The van der Waals surface area contributed by atoms with Gasteiger partial charge in [-0.1, -0.05) is 38.3 Å². The standard InChI is InChI=1S/C14H20O4/c1-2-3-4-5-9-18-14(17)12-8-6-7-11(10-12)13(15)16/h6-8,10,13,15-16H,2-5,9H2,1H3. The van der Waals surface area contributed by atoms with Crippen molar-refractivity contribution in [2.45, 2.75) is 38.9 Å². The fourth-order valence-corrected chi connectivity index (χ4v) is 1.60. The number of hydrogen-bond acceptors (Lipinski definition) is 4. The van der Waals surface area contributed by atoms with E-state index in [0.717, 1.165) is 25.7 Å². The number of esters is 1. The molecule has 100 valence electrons. The highest BCUT2D eigenvalue weighted by Crippen LogP contribution is 2.13. The minimum Gasteiger partial charge on any atom is -0.462 e. The molecule has 0 aromatic heterocycles. The molecule has 0 aliphatic carbocycles. The van der Waals surface area contributed by atoms with Crippen LogP contribution in [-0.4, -0.2) is 22.8 Å². The molecular formula is C14H20O4. The Morgan fingerprint density at radius 1 is 1.28 bits per heavy atom. The molecular weight excluding hydrogens is 232 g/mol. The molecule has 0 saturated carbocycles. The smallest absolute Gasteiger partial charge is 0.338 e. The number of carbonyl (C=O) groups is 1. The molecule has 0 aliphatic heterocycles. The molecule has 0 amide bonds. The summed E-state index contributed by atoms with van der Waals surface area (Å²) in [6, 6.07) is 6.17. The monoisotopic (exact) mass is 252 g/mol. The van der Waals surface area contributed by atoms with Crippen molar-refractivity contribution >= 4 is 5.97 Å². The minimum absolute atomic E-state index is 0.287. The molecule has 1 aromatic rings. The van der Waals surface area contributed by atoms with Crippen molar-refractivity contribution < 1.29 is 19.7 Å². The second-order valence-electron chi connectivity index (χ2n) is 4.20. The van der Waals surface area contributed by atoms with Gasteiger partial charge in [0.2, 0.25) is 0 Å². The topological polar surface area (TPSA) is 66.8 Å². The molecule has 0 fully saturated rings. The number of ether oxygens (including phenoxy) is 1. The van der Waals surface area contributed by atoms with E-state index in [1.807, 2.05) is 0 Å². The van der Waals surface area contributed by atoms with Crippen molar-refractivity contribution in [2.24, 2.45) is 0 Å². The first-order valence-corrected chi connectivity index (χ1v) is 6.28. The highest BCUT2D eigenvalue weighted by Gasteiger charge is 2.10. The van der Waals surface area contributed by atoms with Crippen molar-refractivity contribution in [1.29, 1.82) is 0 Å². The van der Waals surface area contributed by atoms with Crippen LogP contribution in [0.3, 0.4) is 0 Å². The van der Waals surface area contributed by atoms with E-state index in [-0.39, 0.29) is 5.56 Å². The van der Waals surface area contributed by atoms with Crippen molar-refractivity contribution in [3.8, 4) is 0 Å². The van der Waals surface area contributed by atoms with Gasteiger partial charge in [0.15, 0.2) is 6.29 Å². The van der Waals surface area contributed by atoms with Crippen molar-refractivity contribution in [1.82, 2.24) is 0 Å². The molecule has 0 unspecified atom stereocenters. The summed E-state index contributed by atoms with van der Waals surface area (Å²) in [5.41, 5.74) is 0.631. The maximum atomic E-state index is 11.7. The summed E-state index contributed by atoms with van der Waals surface area (Å²) in [5.74, 6) is -0.422. The van der Waals surface area contributed by atoms with Gasteiger partial charge in [-0.25, -0.2) is 4.79 Å². The first-order valence-electron chi connectivity index (χ1n) is 6.28. The molecule has 1 aromatic carbocycles. The van der Waals surface area contributed by atoms with Crippen LogP contribution in [0.15, 0.2) is 24.3 Å². The molecule has 0 bridgehead atoms. The maximum Gasteiger partial charge on any atom is 0.338 e. The zero-order valence-corrected chi connectivity index (χ0v) is 10.6. The zero-order chi connectivity index (χ0) is 13.4. The second-order valence-corrected chi connectivity index (χ2v) is 4.20. The fourth-order valence-electron chi connectivity index (χ4n) is 1.60. The van der Waals surface area contributed by atoms with Crippen molar-refractivity contribution in [3.05, 3.63) is 35.4 Å². The fraction of sp³-hybridized carbons (Fsp3) is 0.500. The Hall–Kier alpha value is -1.39. The van der Waals surface area contributed by atoms with Crippen LogP contribution in [0.1, 0.15) is 54.8 Å². The summed E-state index contributed by atoms with van der Waals surface area (Å²) in [4.78, 5) is 11.7. The molecule has 0 radical (unpaired) electrons. The zero-order valence-electron chi connectivity index (χ0n) is 10.6. The molecule has 0 aliphatic rings. The van der Waals surface area contributed by atoms with Crippen LogP contribution in [0.5, 0.6) is 0 Å². The van der Waals surface area contributed by atoms with Crippen LogP contribution in [0.2, 0.25) is 0 Å². The van der Waals surface area contributed by atoms with E-state index in [4.69, 9.17) is 14.9 Å². The van der Waals surface area contributed by atoms with Gasteiger partial charge in [0.25, 0.3) is 0 Å². The number of hydrogen-bond donors (Lipinski definition) is 2. The van der Waals surface area contributed by atoms with Crippen LogP contribution < -0.4 is 0 Å². The number of carbonyl (C=O) groups excluding carboxylic acids is 1. The largest absolute Gasteiger partial charge is 0.462 e. The quantitative estimate of drug-likeness (QED) is 0.444. The number of rotatable bonds is 7. The molecule has 4 nitrogen and oxygen atoms in total. The molecule has 0 spiro atoms. The molecule has 1 rings (SSSR count). The van der Waals surface area contributed by atoms with Gasteiger partial charge in [-0.2, -0.15) is 0 Å². The lowest BCUT2D eigenvalue weighted by atomic mass is 10.1. The summed E-state index contributed by atoms with van der Waals surface area (Å²) in [5, 5.41) is 18.0. The third-order valence-electron chi connectivity index (χ3n) is 2.65. The van der Waals surface area contributed by atoms with E-state index in [1.165, 1.54) is 6.07 Å². The lowest BCUT2D eigenvalue weighted by molar-refractivity contribution is -0.0425. The Labute approximate surface area is 107 Å². The summed E-state index contributed by atoms with van der Waals surface area (Å²) in [7, 11) is 0.